The van der Waals surface area contributed by atoms with Crippen molar-refractivity contribution in [3.63, 3.8) is 0 Å². The second kappa shape index (κ2) is 10.5. The zero-order valence-electron chi connectivity index (χ0n) is 18.7. The largest absolute Gasteiger partial charge is 0.493 e. The van der Waals surface area contributed by atoms with Crippen molar-refractivity contribution in [2.24, 2.45) is 0 Å². The van der Waals surface area contributed by atoms with Gasteiger partial charge in [-0.15, -0.1) is 10.2 Å². The molecule has 0 radical (unpaired) electrons. The van der Waals surface area contributed by atoms with E-state index in [1.165, 1.54) is 36.6 Å². The zero-order chi connectivity index (χ0) is 24.1. The van der Waals surface area contributed by atoms with Crippen LogP contribution >= 0.6 is 11.3 Å². The molecule has 1 saturated heterocycles. The fourth-order valence-electron chi connectivity index (χ4n) is 3.69. The number of carbonyl (C=O) groups is 2. The van der Waals surface area contributed by atoms with Crippen LogP contribution in [0.1, 0.15) is 33.6 Å². The van der Waals surface area contributed by atoms with Crippen LogP contribution in [0.3, 0.4) is 0 Å². The van der Waals surface area contributed by atoms with Crippen LogP contribution in [0.2, 0.25) is 0 Å². The fourth-order valence-corrected chi connectivity index (χ4v) is 4.60. The predicted octanol–water partition coefficient (Wildman–Crippen LogP) is 4.36. The second-order valence-corrected chi connectivity index (χ2v) is 8.68. The van der Waals surface area contributed by atoms with Crippen molar-refractivity contribution in [2.45, 2.75) is 18.8 Å². The Balaban J connectivity index is 1.31. The van der Waals surface area contributed by atoms with Gasteiger partial charge in [-0.1, -0.05) is 17.4 Å². The molecule has 0 unspecified atom stereocenters. The molecule has 1 aliphatic heterocycles. The maximum Gasteiger partial charge on any atom is 0.321 e. The molecule has 9 nitrogen and oxygen atoms in total. The van der Waals surface area contributed by atoms with Gasteiger partial charge in [-0.3, -0.25) is 4.79 Å². The van der Waals surface area contributed by atoms with Gasteiger partial charge in [-0.05, 0) is 43.2 Å². The third-order valence-corrected chi connectivity index (χ3v) is 6.57. The average Bonchev–Trinajstić information content (AvgIpc) is 3.34. The van der Waals surface area contributed by atoms with Gasteiger partial charge >= 0.3 is 6.03 Å². The lowest BCUT2D eigenvalue weighted by Crippen LogP contribution is -2.40. The molecule has 0 atom stereocenters. The number of piperidine rings is 1. The number of aromatic nitrogens is 2. The van der Waals surface area contributed by atoms with E-state index in [0.717, 1.165) is 5.01 Å². The van der Waals surface area contributed by atoms with Gasteiger partial charge in [0.2, 0.25) is 5.01 Å². The van der Waals surface area contributed by atoms with E-state index in [-0.39, 0.29) is 17.0 Å². The quantitative estimate of drug-likeness (QED) is 0.538. The average molecular weight is 486 g/mol. The molecule has 178 valence electrons. The van der Waals surface area contributed by atoms with Gasteiger partial charge in [0, 0.05) is 36.4 Å². The monoisotopic (exact) mass is 485 g/mol. The molecule has 11 heteroatoms. The number of hydrogen-bond acceptors (Lipinski definition) is 7. The molecule has 0 aliphatic carbocycles. The highest BCUT2D eigenvalue weighted by molar-refractivity contribution is 7.13. The van der Waals surface area contributed by atoms with Crippen LogP contribution in [0.25, 0.3) is 0 Å². The van der Waals surface area contributed by atoms with Crippen LogP contribution < -0.4 is 20.1 Å². The van der Waals surface area contributed by atoms with Gasteiger partial charge in [0.25, 0.3) is 5.91 Å². The van der Waals surface area contributed by atoms with E-state index in [2.05, 4.69) is 20.8 Å². The van der Waals surface area contributed by atoms with Crippen LogP contribution in [0.5, 0.6) is 11.5 Å². The lowest BCUT2D eigenvalue weighted by Gasteiger charge is -2.31. The number of methoxy groups -OCH3 is 2. The Morgan fingerprint density at radius 2 is 1.74 bits per heavy atom. The van der Waals surface area contributed by atoms with Crippen LogP contribution in [-0.2, 0) is 0 Å². The molecular weight excluding hydrogens is 461 g/mol. The zero-order valence-corrected chi connectivity index (χ0v) is 19.5. The number of anilines is 2. The number of urea groups is 1. The first-order chi connectivity index (χ1) is 16.5. The van der Waals surface area contributed by atoms with Crippen LogP contribution in [0.15, 0.2) is 42.5 Å². The van der Waals surface area contributed by atoms with Crippen LogP contribution in [0, 0.1) is 5.82 Å². The van der Waals surface area contributed by atoms with Crippen LogP contribution in [0.4, 0.5) is 20.6 Å². The summed E-state index contributed by atoms with van der Waals surface area (Å²) in [5.74, 6) is 0.368. The summed E-state index contributed by atoms with van der Waals surface area (Å²) in [6, 6.07) is 10.7. The summed E-state index contributed by atoms with van der Waals surface area (Å²) >= 11 is 1.22. The number of halogens is 1. The van der Waals surface area contributed by atoms with E-state index in [1.807, 2.05) is 0 Å². The van der Waals surface area contributed by atoms with Gasteiger partial charge in [-0.2, -0.15) is 0 Å². The highest BCUT2D eigenvalue weighted by Crippen LogP contribution is 2.32. The number of hydrogen-bond donors (Lipinski definition) is 2. The number of rotatable bonds is 6. The van der Waals surface area contributed by atoms with Crippen molar-refractivity contribution in [3.05, 3.63) is 58.3 Å². The fraction of sp³-hybridized carbons (Fsp3) is 0.304. The summed E-state index contributed by atoms with van der Waals surface area (Å²) in [6.45, 7) is 1.10. The molecule has 1 aliphatic rings. The Labute approximate surface area is 199 Å². The molecular formula is C23H24FN5O4S. The summed E-state index contributed by atoms with van der Waals surface area (Å²) in [5.41, 5.74) is 0.971. The lowest BCUT2D eigenvalue weighted by atomic mass is 9.98. The standard InChI is InChI=1S/C23H24FN5O4S/c1-32-18-7-6-17(13-19(18)33-2)26-23(31)29-10-8-14(9-11-29)21-27-28-22(34-21)20(30)25-16-5-3-4-15(24)12-16/h3-7,12-14H,8-11H2,1-2H3,(H,25,30)(H,26,31). The Bertz CT molecular complexity index is 1180. The first-order valence-corrected chi connectivity index (χ1v) is 11.5. The molecule has 1 fully saturated rings. The van der Waals surface area contributed by atoms with E-state index in [4.69, 9.17) is 9.47 Å². The minimum Gasteiger partial charge on any atom is -0.493 e. The first kappa shape index (κ1) is 23.4. The van der Waals surface area contributed by atoms with Crippen molar-refractivity contribution >= 4 is 34.6 Å². The van der Waals surface area contributed by atoms with Gasteiger partial charge in [0.1, 0.15) is 10.8 Å². The molecule has 3 aromatic rings. The molecule has 2 N–H and O–H groups in total. The highest BCUT2D eigenvalue weighted by Gasteiger charge is 2.27. The number of benzene rings is 2. The van der Waals surface area contributed by atoms with E-state index < -0.39 is 11.7 Å². The minimum absolute atomic E-state index is 0.110. The van der Waals surface area contributed by atoms with Gasteiger partial charge in [0.05, 0.1) is 14.2 Å². The van der Waals surface area contributed by atoms with E-state index in [0.29, 0.717) is 48.8 Å². The molecule has 0 spiro atoms. The topological polar surface area (TPSA) is 106 Å². The van der Waals surface area contributed by atoms with E-state index >= 15 is 0 Å². The number of nitrogens with zero attached hydrogens (tertiary/aromatic N) is 3. The first-order valence-electron chi connectivity index (χ1n) is 10.6. The molecule has 0 bridgehead atoms. The van der Waals surface area contributed by atoms with Crippen LogP contribution in [-0.4, -0.2) is 54.3 Å². The summed E-state index contributed by atoms with van der Waals surface area (Å²) in [6.07, 6.45) is 1.42. The Morgan fingerprint density at radius 1 is 1.00 bits per heavy atom. The summed E-state index contributed by atoms with van der Waals surface area (Å²) < 4.78 is 23.8. The van der Waals surface area contributed by atoms with Crippen molar-refractivity contribution in [1.29, 1.82) is 0 Å². The molecule has 34 heavy (non-hydrogen) atoms. The molecule has 1 aromatic heterocycles. The van der Waals surface area contributed by atoms with Crippen molar-refractivity contribution in [1.82, 2.24) is 15.1 Å². The maximum absolute atomic E-state index is 13.3. The SMILES string of the molecule is COc1ccc(NC(=O)N2CCC(c3nnc(C(=O)Nc4cccc(F)c4)s3)CC2)cc1OC. The number of nitrogens with one attached hydrogen (secondary N) is 2. The number of ether oxygens (including phenoxy) is 2. The Morgan fingerprint density at radius 3 is 2.44 bits per heavy atom. The Hall–Kier alpha value is -3.73. The summed E-state index contributed by atoms with van der Waals surface area (Å²) in [4.78, 5) is 26.9. The smallest absolute Gasteiger partial charge is 0.321 e. The number of likely N-dealkylation sites (tertiary alicyclic amines) is 1. The number of carbonyl (C=O) groups excluding carboxylic acids is 2. The van der Waals surface area contributed by atoms with E-state index in [9.17, 15) is 14.0 Å². The van der Waals surface area contributed by atoms with Gasteiger partial charge in [-0.25, -0.2) is 9.18 Å². The number of amides is 3. The Kier molecular flexibility index (Phi) is 7.21. The maximum atomic E-state index is 13.3. The highest BCUT2D eigenvalue weighted by atomic mass is 32.1. The van der Waals surface area contributed by atoms with Crippen molar-refractivity contribution in [2.75, 3.05) is 37.9 Å². The third-order valence-electron chi connectivity index (χ3n) is 5.48. The molecule has 4 rings (SSSR count). The predicted molar refractivity (Wildman–Crippen MR) is 126 cm³/mol. The lowest BCUT2D eigenvalue weighted by molar-refractivity contribution is 0.102. The van der Waals surface area contributed by atoms with Gasteiger partial charge < -0.3 is 25.0 Å². The molecule has 0 saturated carbocycles. The van der Waals surface area contributed by atoms with Crippen molar-refractivity contribution < 1.29 is 23.5 Å². The third kappa shape index (κ3) is 5.42. The molecule has 3 amide bonds. The molecule has 2 heterocycles. The normalized spacial score (nSPS) is 13.9. The summed E-state index contributed by atoms with van der Waals surface area (Å²) in [7, 11) is 3.09. The van der Waals surface area contributed by atoms with Gasteiger partial charge in [0.15, 0.2) is 11.5 Å². The minimum atomic E-state index is -0.433. The van der Waals surface area contributed by atoms with E-state index in [1.54, 1.807) is 36.3 Å². The van der Waals surface area contributed by atoms with Crippen molar-refractivity contribution in [3.8, 4) is 11.5 Å². The summed E-state index contributed by atoms with van der Waals surface area (Å²) in [5, 5.41) is 14.7. The molecule has 2 aromatic carbocycles. The second-order valence-electron chi connectivity index (χ2n) is 7.67.